The summed E-state index contributed by atoms with van der Waals surface area (Å²) >= 11 is 0. The molecule has 1 aromatic carbocycles. The van der Waals surface area contributed by atoms with Crippen LogP contribution < -0.4 is 16.0 Å². The summed E-state index contributed by atoms with van der Waals surface area (Å²) in [5.74, 6) is -13.3. The highest BCUT2D eigenvalue weighted by Crippen LogP contribution is 2.52. The van der Waals surface area contributed by atoms with E-state index in [4.69, 9.17) is 5.73 Å². The number of nitrogens with two attached hydrogens (primary N) is 1. The molecule has 41 heavy (non-hydrogen) atoms. The van der Waals surface area contributed by atoms with Gasteiger partial charge in [-0.1, -0.05) is 0 Å². The normalized spacial score (nSPS) is 28.9. The van der Waals surface area contributed by atoms with E-state index in [1.807, 2.05) is 0 Å². The second-order valence-corrected chi connectivity index (χ2v) is 11.2. The zero-order valence-electron chi connectivity index (χ0n) is 23.2. The number of hydrogen-bond donors (Lipinski definition) is 4. The summed E-state index contributed by atoms with van der Waals surface area (Å²) < 4.78 is 4.67. The third-order valence-electron chi connectivity index (χ3n) is 8.20. The maximum atomic E-state index is 14.0. The highest BCUT2D eigenvalue weighted by atomic mass is 16.5. The zero-order valence-corrected chi connectivity index (χ0v) is 23.2. The van der Waals surface area contributed by atoms with Gasteiger partial charge in [0.2, 0.25) is 5.91 Å². The number of aliphatic hydroxyl groups is 1. The number of ketones is 4. The smallest absolute Gasteiger partial charge is 0.303 e. The SMILES string of the molecule is CC(=O)OCC(=O)Nc1cc(N(C)C)c2c(c1O)C(=O)C1C(=O)[C@]3(O)C(=O)C(C(N)=O)C(=O)[C@@H](N(C)C)C3CC1C2. The Morgan fingerprint density at radius 3 is 2.29 bits per heavy atom. The van der Waals surface area contributed by atoms with Gasteiger partial charge in [-0.05, 0) is 44.5 Å². The number of phenols is 1. The Morgan fingerprint density at radius 2 is 1.76 bits per heavy atom. The Kier molecular flexibility index (Phi) is 7.52. The zero-order chi connectivity index (χ0) is 30.7. The van der Waals surface area contributed by atoms with Gasteiger partial charge in [-0.15, -0.1) is 0 Å². The fourth-order valence-corrected chi connectivity index (χ4v) is 6.50. The number of phenolic OH excluding ortho intramolecular Hbond substituents is 1. The van der Waals surface area contributed by atoms with Crippen molar-refractivity contribution in [2.24, 2.45) is 29.4 Å². The number of Topliss-reactive ketones (excluding diaryl/α,β-unsaturated/α-hetero) is 4. The van der Waals surface area contributed by atoms with E-state index in [1.54, 1.807) is 19.0 Å². The molecule has 220 valence electrons. The highest BCUT2D eigenvalue weighted by Gasteiger charge is 2.69. The van der Waals surface area contributed by atoms with E-state index in [1.165, 1.54) is 25.1 Å². The number of anilines is 2. The van der Waals surface area contributed by atoms with Crippen molar-refractivity contribution in [3.8, 4) is 5.75 Å². The number of nitrogens with zero attached hydrogens (tertiary/aromatic N) is 2. The van der Waals surface area contributed by atoms with Crippen LogP contribution in [-0.2, 0) is 39.9 Å². The number of esters is 1. The molecule has 14 heteroatoms. The molecule has 0 bridgehead atoms. The Morgan fingerprint density at radius 1 is 1.12 bits per heavy atom. The Bertz CT molecular complexity index is 1400. The average molecular weight is 573 g/mol. The second kappa shape index (κ2) is 10.3. The van der Waals surface area contributed by atoms with Crippen LogP contribution in [0.5, 0.6) is 5.75 Å². The topological polar surface area (TPSA) is 214 Å². The quantitative estimate of drug-likeness (QED) is 0.173. The molecule has 5 N–H and O–H groups in total. The van der Waals surface area contributed by atoms with Gasteiger partial charge in [-0.2, -0.15) is 0 Å². The molecule has 0 spiro atoms. The average Bonchev–Trinajstić information content (AvgIpc) is 2.85. The predicted octanol–water partition coefficient (Wildman–Crippen LogP) is -1.57. The van der Waals surface area contributed by atoms with E-state index in [-0.39, 0.29) is 24.1 Å². The summed E-state index contributed by atoms with van der Waals surface area (Å²) in [5, 5.41) is 25.2. The lowest BCUT2D eigenvalue weighted by molar-refractivity contribution is -0.181. The fraction of sp³-hybridized carbons (Fsp3) is 0.519. The summed E-state index contributed by atoms with van der Waals surface area (Å²) in [6.07, 6.45) is -0.0208. The van der Waals surface area contributed by atoms with E-state index in [2.05, 4.69) is 10.1 Å². The summed E-state index contributed by atoms with van der Waals surface area (Å²) in [5.41, 5.74) is 2.85. The number of benzene rings is 1. The first kappa shape index (κ1) is 29.8. The number of carbonyl (C=O) groups excluding carboxylic acids is 7. The Hall–Kier alpha value is -4.17. The molecule has 0 radical (unpaired) electrons. The van der Waals surface area contributed by atoms with Gasteiger partial charge in [0.15, 0.2) is 41.3 Å². The summed E-state index contributed by atoms with van der Waals surface area (Å²) in [7, 11) is 6.36. The summed E-state index contributed by atoms with van der Waals surface area (Å²) in [6.45, 7) is 0.464. The standard InChI is InChI=1S/C27H32N4O10/c1-10(32)41-9-16(33)29-14-8-15(30(2)3)12-6-11-7-13-20(31(4)5)23(36)19(26(28)39)25(38)27(13,40)24(37)17(11)22(35)18(12)21(14)34/h8,11,13,17,19-20,34,40H,6-7,9H2,1-5H3,(H2,28,39)(H,29,33)/t11?,13?,17?,19?,20-,27-/m0/s1. The van der Waals surface area contributed by atoms with Crippen LogP contribution in [0.1, 0.15) is 29.3 Å². The van der Waals surface area contributed by atoms with Gasteiger partial charge in [0.05, 0.1) is 23.2 Å². The molecule has 3 aliphatic rings. The number of likely N-dealkylation sites (N-methyl/N-ethyl adjacent to an activating group) is 1. The molecular weight excluding hydrogens is 540 g/mol. The van der Waals surface area contributed by atoms with Crippen LogP contribution in [0.15, 0.2) is 6.07 Å². The lowest BCUT2D eigenvalue weighted by atomic mass is 9.52. The van der Waals surface area contributed by atoms with Crippen molar-refractivity contribution >= 4 is 52.3 Å². The molecule has 2 saturated carbocycles. The number of fused-ring (bicyclic) bond motifs is 3. The van der Waals surface area contributed by atoms with Crippen molar-refractivity contribution < 1.29 is 48.5 Å². The molecule has 2 fully saturated rings. The van der Waals surface area contributed by atoms with Crippen LogP contribution in [0.4, 0.5) is 11.4 Å². The molecule has 0 saturated heterocycles. The first-order valence-electron chi connectivity index (χ1n) is 12.9. The number of rotatable bonds is 6. The first-order valence-corrected chi connectivity index (χ1v) is 12.9. The van der Waals surface area contributed by atoms with E-state index < -0.39 is 88.6 Å². The molecule has 0 aromatic heterocycles. The molecule has 4 unspecified atom stereocenters. The van der Waals surface area contributed by atoms with Crippen molar-refractivity contribution in [3.63, 3.8) is 0 Å². The van der Waals surface area contributed by atoms with E-state index >= 15 is 0 Å². The fourth-order valence-electron chi connectivity index (χ4n) is 6.50. The number of carbonyl (C=O) groups is 7. The maximum Gasteiger partial charge on any atom is 0.303 e. The van der Waals surface area contributed by atoms with Crippen LogP contribution in [0.25, 0.3) is 0 Å². The van der Waals surface area contributed by atoms with E-state index in [0.717, 1.165) is 6.92 Å². The summed E-state index contributed by atoms with van der Waals surface area (Å²) in [4.78, 5) is 93.0. The molecule has 4 rings (SSSR count). The molecule has 2 amide bonds. The van der Waals surface area contributed by atoms with Crippen molar-refractivity contribution in [2.45, 2.75) is 31.4 Å². The largest absolute Gasteiger partial charge is 0.505 e. The van der Waals surface area contributed by atoms with Crippen molar-refractivity contribution in [1.82, 2.24) is 4.90 Å². The monoisotopic (exact) mass is 572 g/mol. The van der Waals surface area contributed by atoms with Gasteiger partial charge in [0.1, 0.15) is 5.75 Å². The van der Waals surface area contributed by atoms with Gasteiger partial charge in [-0.25, -0.2) is 0 Å². The molecule has 1 aromatic rings. The molecular formula is C27H32N4O10. The number of nitrogens with one attached hydrogen (secondary N) is 1. The minimum Gasteiger partial charge on any atom is -0.505 e. The van der Waals surface area contributed by atoms with E-state index in [0.29, 0.717) is 11.3 Å². The number of aromatic hydroxyl groups is 1. The minimum atomic E-state index is -2.84. The van der Waals surface area contributed by atoms with Crippen molar-refractivity contribution in [1.29, 1.82) is 0 Å². The van der Waals surface area contributed by atoms with Crippen LogP contribution in [-0.4, -0.2) is 102 Å². The number of hydrogen-bond acceptors (Lipinski definition) is 12. The van der Waals surface area contributed by atoms with Gasteiger partial charge in [0.25, 0.3) is 5.91 Å². The Labute approximate surface area is 234 Å². The molecule has 14 nitrogen and oxygen atoms in total. The third-order valence-corrected chi connectivity index (χ3v) is 8.20. The third kappa shape index (κ3) is 4.56. The predicted molar refractivity (Wildman–Crippen MR) is 141 cm³/mol. The number of amides is 2. The second-order valence-electron chi connectivity index (χ2n) is 11.2. The molecule has 0 heterocycles. The summed E-state index contributed by atoms with van der Waals surface area (Å²) in [6, 6.07) is 0.232. The van der Waals surface area contributed by atoms with Crippen LogP contribution in [0.3, 0.4) is 0 Å². The molecule has 0 aliphatic heterocycles. The maximum absolute atomic E-state index is 14.0. The van der Waals surface area contributed by atoms with Gasteiger partial charge < -0.3 is 30.9 Å². The molecule has 3 aliphatic carbocycles. The van der Waals surface area contributed by atoms with Crippen LogP contribution in [0, 0.1) is 23.7 Å². The van der Waals surface area contributed by atoms with Crippen LogP contribution in [0.2, 0.25) is 0 Å². The Balaban J connectivity index is 1.83. The van der Waals surface area contributed by atoms with Gasteiger partial charge in [-0.3, -0.25) is 38.5 Å². The lowest BCUT2D eigenvalue weighted by Gasteiger charge is -2.52. The lowest BCUT2D eigenvalue weighted by Crippen LogP contribution is -2.74. The van der Waals surface area contributed by atoms with Gasteiger partial charge in [0, 0.05) is 32.6 Å². The van der Waals surface area contributed by atoms with Crippen molar-refractivity contribution in [2.75, 3.05) is 45.0 Å². The van der Waals surface area contributed by atoms with Crippen molar-refractivity contribution in [3.05, 3.63) is 17.2 Å². The molecule has 6 atom stereocenters. The first-order chi connectivity index (χ1) is 19.0. The van der Waals surface area contributed by atoms with Gasteiger partial charge >= 0.3 is 5.97 Å². The highest BCUT2D eigenvalue weighted by molar-refractivity contribution is 6.32. The van der Waals surface area contributed by atoms with E-state index in [9.17, 15) is 43.8 Å². The number of primary amides is 1. The van der Waals surface area contributed by atoms with Crippen LogP contribution >= 0.6 is 0 Å². The minimum absolute atomic E-state index is 0.0641. The number of ether oxygens (including phenoxy) is 1.